The van der Waals surface area contributed by atoms with Gasteiger partial charge in [0.15, 0.2) is 0 Å². The van der Waals surface area contributed by atoms with E-state index in [2.05, 4.69) is 10.6 Å². The van der Waals surface area contributed by atoms with Crippen LogP contribution in [0.25, 0.3) is 0 Å². The lowest BCUT2D eigenvalue weighted by Gasteiger charge is -2.34. The van der Waals surface area contributed by atoms with Gasteiger partial charge in [-0.05, 0) is 50.0 Å². The molecule has 0 aromatic heterocycles. The van der Waals surface area contributed by atoms with Crippen LogP contribution in [0, 0.1) is 5.92 Å². The van der Waals surface area contributed by atoms with Crippen molar-refractivity contribution in [2.75, 3.05) is 26.7 Å². The molecule has 5 heteroatoms. The summed E-state index contributed by atoms with van der Waals surface area (Å²) in [5.74, 6) is 0.413. The Morgan fingerprint density at radius 2 is 1.61 bits per heavy atom. The van der Waals surface area contributed by atoms with Crippen molar-refractivity contribution in [1.82, 2.24) is 15.5 Å². The Labute approximate surface area is 167 Å². The molecule has 5 nitrogen and oxygen atoms in total. The third kappa shape index (κ3) is 5.42. The molecule has 1 unspecified atom stereocenters. The van der Waals surface area contributed by atoms with Crippen LogP contribution in [-0.2, 0) is 11.2 Å². The van der Waals surface area contributed by atoms with E-state index in [0.29, 0.717) is 17.9 Å². The summed E-state index contributed by atoms with van der Waals surface area (Å²) in [6, 6.07) is 18.4. The molecule has 1 aliphatic rings. The zero-order valence-electron chi connectivity index (χ0n) is 16.4. The van der Waals surface area contributed by atoms with Crippen molar-refractivity contribution < 1.29 is 9.59 Å². The van der Waals surface area contributed by atoms with Gasteiger partial charge in [0, 0.05) is 25.1 Å². The fourth-order valence-corrected chi connectivity index (χ4v) is 3.75. The number of carbonyl (C=O) groups is 2. The van der Waals surface area contributed by atoms with Crippen LogP contribution in [0.2, 0.25) is 0 Å². The predicted octanol–water partition coefficient (Wildman–Crippen LogP) is 2.49. The largest absolute Gasteiger partial charge is 0.341 e. The van der Waals surface area contributed by atoms with Crippen LogP contribution in [0.5, 0.6) is 0 Å². The topological polar surface area (TPSA) is 61.4 Å². The lowest BCUT2D eigenvalue weighted by atomic mass is 9.95. The summed E-state index contributed by atoms with van der Waals surface area (Å²) >= 11 is 0. The molecule has 0 bridgehead atoms. The van der Waals surface area contributed by atoms with Gasteiger partial charge in [0.1, 0.15) is 6.04 Å². The fraction of sp³-hybridized carbons (Fsp3) is 0.391. The number of benzene rings is 2. The van der Waals surface area contributed by atoms with Crippen molar-refractivity contribution in [2.45, 2.75) is 25.3 Å². The van der Waals surface area contributed by atoms with Crippen LogP contribution in [-0.4, -0.2) is 49.4 Å². The highest BCUT2D eigenvalue weighted by molar-refractivity contribution is 5.97. The molecule has 1 atom stereocenters. The highest BCUT2D eigenvalue weighted by Crippen LogP contribution is 2.18. The zero-order chi connectivity index (χ0) is 19.8. The second-order valence-electron chi connectivity index (χ2n) is 7.41. The van der Waals surface area contributed by atoms with Crippen LogP contribution in [0.3, 0.4) is 0 Å². The maximum absolute atomic E-state index is 13.2. The molecule has 2 N–H and O–H groups in total. The molecule has 0 aliphatic carbocycles. The first-order valence-corrected chi connectivity index (χ1v) is 10.0. The van der Waals surface area contributed by atoms with Crippen molar-refractivity contribution in [1.29, 1.82) is 0 Å². The first kappa shape index (κ1) is 20.1. The zero-order valence-corrected chi connectivity index (χ0v) is 16.4. The molecular formula is C23H29N3O2. The lowest BCUT2D eigenvalue weighted by Crippen LogP contribution is -2.52. The average molecular weight is 380 g/mol. The van der Waals surface area contributed by atoms with Gasteiger partial charge < -0.3 is 15.5 Å². The molecule has 148 valence electrons. The summed E-state index contributed by atoms with van der Waals surface area (Å²) in [4.78, 5) is 27.8. The van der Waals surface area contributed by atoms with Crippen molar-refractivity contribution >= 4 is 11.8 Å². The molecule has 2 aromatic carbocycles. The molecule has 0 spiro atoms. The summed E-state index contributed by atoms with van der Waals surface area (Å²) in [6.07, 6.45) is 2.49. The molecule has 3 rings (SSSR count). The number of likely N-dealkylation sites (tertiary alicyclic amines) is 1. The maximum atomic E-state index is 13.2. The standard InChI is InChI=1S/C23H29N3O2/c1-24-17-19-12-14-26(15-13-19)23(28)21(16-18-8-4-2-5-9-18)25-22(27)20-10-6-3-7-11-20/h2-11,19,21,24H,12-17H2,1H3,(H,25,27). The molecule has 1 saturated heterocycles. The van der Waals surface area contributed by atoms with Gasteiger partial charge in [-0.15, -0.1) is 0 Å². The van der Waals surface area contributed by atoms with Gasteiger partial charge in [0.25, 0.3) is 5.91 Å². The second kappa shape index (κ2) is 10.0. The first-order chi connectivity index (χ1) is 13.7. The Hall–Kier alpha value is -2.66. The van der Waals surface area contributed by atoms with E-state index in [1.54, 1.807) is 12.1 Å². The van der Waals surface area contributed by atoms with E-state index in [0.717, 1.165) is 38.0 Å². The molecular weight excluding hydrogens is 350 g/mol. The Bertz CT molecular complexity index is 756. The van der Waals surface area contributed by atoms with Crippen LogP contribution in [0.1, 0.15) is 28.8 Å². The Balaban J connectivity index is 1.70. The van der Waals surface area contributed by atoms with E-state index in [9.17, 15) is 9.59 Å². The van der Waals surface area contributed by atoms with Gasteiger partial charge in [0.05, 0.1) is 0 Å². The Morgan fingerprint density at radius 1 is 1.00 bits per heavy atom. The van der Waals surface area contributed by atoms with E-state index in [-0.39, 0.29) is 11.8 Å². The number of hydrogen-bond acceptors (Lipinski definition) is 3. The normalized spacial score (nSPS) is 15.8. The number of amides is 2. The minimum absolute atomic E-state index is 0.0102. The Kier molecular flexibility index (Phi) is 7.20. The molecule has 1 aliphatic heterocycles. The molecule has 0 saturated carbocycles. The third-order valence-electron chi connectivity index (χ3n) is 5.34. The van der Waals surface area contributed by atoms with Crippen molar-refractivity contribution in [3.05, 3.63) is 71.8 Å². The minimum Gasteiger partial charge on any atom is -0.341 e. The molecule has 2 amide bonds. The summed E-state index contributed by atoms with van der Waals surface area (Å²) < 4.78 is 0. The van der Waals surface area contributed by atoms with Crippen LogP contribution in [0.4, 0.5) is 0 Å². The lowest BCUT2D eigenvalue weighted by molar-refractivity contribution is -0.134. The number of hydrogen-bond donors (Lipinski definition) is 2. The summed E-state index contributed by atoms with van der Waals surface area (Å²) in [5, 5.41) is 6.19. The van der Waals surface area contributed by atoms with Gasteiger partial charge in [-0.25, -0.2) is 0 Å². The van der Waals surface area contributed by atoms with Crippen LogP contribution in [0.15, 0.2) is 60.7 Å². The number of carbonyl (C=O) groups excluding carboxylic acids is 2. The SMILES string of the molecule is CNCC1CCN(C(=O)C(Cc2ccccc2)NC(=O)c2ccccc2)CC1. The smallest absolute Gasteiger partial charge is 0.251 e. The quantitative estimate of drug-likeness (QED) is 0.777. The minimum atomic E-state index is -0.559. The molecule has 28 heavy (non-hydrogen) atoms. The molecule has 2 aromatic rings. The number of nitrogens with one attached hydrogen (secondary N) is 2. The average Bonchev–Trinajstić information content (AvgIpc) is 2.75. The highest BCUT2D eigenvalue weighted by atomic mass is 16.2. The van der Waals surface area contributed by atoms with Gasteiger partial charge in [-0.2, -0.15) is 0 Å². The number of piperidine rings is 1. The van der Waals surface area contributed by atoms with E-state index < -0.39 is 6.04 Å². The van der Waals surface area contributed by atoms with Gasteiger partial charge >= 0.3 is 0 Å². The van der Waals surface area contributed by atoms with E-state index in [1.165, 1.54) is 0 Å². The summed E-state index contributed by atoms with van der Waals surface area (Å²) in [5.41, 5.74) is 1.61. The van der Waals surface area contributed by atoms with Crippen molar-refractivity contribution in [3.63, 3.8) is 0 Å². The summed E-state index contributed by atoms with van der Waals surface area (Å²) in [6.45, 7) is 2.48. The third-order valence-corrected chi connectivity index (χ3v) is 5.34. The summed E-state index contributed by atoms with van der Waals surface area (Å²) in [7, 11) is 1.96. The van der Waals surface area contributed by atoms with Crippen molar-refractivity contribution in [2.24, 2.45) is 5.92 Å². The molecule has 1 fully saturated rings. The maximum Gasteiger partial charge on any atom is 0.251 e. The fourth-order valence-electron chi connectivity index (χ4n) is 3.75. The predicted molar refractivity (Wildman–Crippen MR) is 111 cm³/mol. The molecule has 0 radical (unpaired) electrons. The van der Waals surface area contributed by atoms with Crippen LogP contribution < -0.4 is 10.6 Å². The van der Waals surface area contributed by atoms with Gasteiger partial charge in [0.2, 0.25) is 5.91 Å². The van der Waals surface area contributed by atoms with E-state index >= 15 is 0 Å². The van der Waals surface area contributed by atoms with Gasteiger partial charge in [-0.1, -0.05) is 48.5 Å². The Morgan fingerprint density at radius 3 is 2.21 bits per heavy atom. The molecule has 1 heterocycles. The monoisotopic (exact) mass is 379 g/mol. The highest BCUT2D eigenvalue weighted by Gasteiger charge is 2.29. The van der Waals surface area contributed by atoms with Gasteiger partial charge in [-0.3, -0.25) is 9.59 Å². The first-order valence-electron chi connectivity index (χ1n) is 10.0. The van der Waals surface area contributed by atoms with Crippen LogP contribution >= 0.6 is 0 Å². The van der Waals surface area contributed by atoms with E-state index in [1.807, 2.05) is 60.5 Å². The number of rotatable bonds is 7. The second-order valence-corrected chi connectivity index (χ2v) is 7.41. The van der Waals surface area contributed by atoms with Crippen molar-refractivity contribution in [3.8, 4) is 0 Å². The number of nitrogens with zero attached hydrogens (tertiary/aromatic N) is 1. The van der Waals surface area contributed by atoms with E-state index in [4.69, 9.17) is 0 Å².